The number of methoxy groups -OCH3 is 1. The predicted molar refractivity (Wildman–Crippen MR) is 87.6 cm³/mol. The van der Waals surface area contributed by atoms with Crippen molar-refractivity contribution in [1.82, 2.24) is 0 Å². The molecule has 0 saturated carbocycles. The smallest absolute Gasteiger partial charge is 0.416 e. The van der Waals surface area contributed by atoms with E-state index in [1.807, 2.05) is 0 Å². The molecule has 24 heavy (non-hydrogen) atoms. The van der Waals surface area contributed by atoms with E-state index in [-0.39, 0.29) is 0 Å². The van der Waals surface area contributed by atoms with Crippen LogP contribution in [0.3, 0.4) is 0 Å². The Kier molecular flexibility index (Phi) is 5.52. The fraction of sp³-hybridized carbons (Fsp3) is 0.118. The summed E-state index contributed by atoms with van der Waals surface area (Å²) in [5.41, 5.74) is -0.0330. The van der Waals surface area contributed by atoms with Crippen LogP contribution < -0.4 is 10.1 Å². The molecule has 1 N–H and O–H groups in total. The number of carbonyl (C=O) groups excluding carboxylic acids is 1. The van der Waals surface area contributed by atoms with Crippen LogP contribution in [0.15, 0.2) is 46.9 Å². The molecule has 0 saturated heterocycles. The van der Waals surface area contributed by atoms with E-state index in [0.717, 1.165) is 16.6 Å². The Labute approximate surface area is 145 Å². The molecule has 0 radical (unpaired) electrons. The van der Waals surface area contributed by atoms with Gasteiger partial charge in [0.05, 0.1) is 18.4 Å². The topological polar surface area (TPSA) is 38.3 Å². The van der Waals surface area contributed by atoms with Gasteiger partial charge in [0.25, 0.3) is 0 Å². The lowest BCUT2D eigenvalue weighted by molar-refractivity contribution is -0.137. The zero-order chi connectivity index (χ0) is 17.7. The Morgan fingerprint density at radius 1 is 1.17 bits per heavy atom. The second-order valence-corrected chi connectivity index (χ2v) is 5.54. The Bertz CT molecular complexity index is 805. The van der Waals surface area contributed by atoms with Crippen molar-refractivity contribution in [3.8, 4) is 17.6 Å². The molecule has 2 aromatic rings. The third-order valence-corrected chi connectivity index (χ3v) is 3.44. The maximum atomic E-state index is 12.5. The zero-order valence-corrected chi connectivity index (χ0v) is 14.0. The molecule has 0 aliphatic heterocycles. The summed E-state index contributed by atoms with van der Waals surface area (Å²) >= 11 is 3.28. The Morgan fingerprint density at radius 2 is 1.83 bits per heavy atom. The summed E-state index contributed by atoms with van der Waals surface area (Å²) in [7, 11) is 1.47. The van der Waals surface area contributed by atoms with Crippen LogP contribution in [0.1, 0.15) is 11.1 Å². The monoisotopic (exact) mass is 397 g/mol. The van der Waals surface area contributed by atoms with Crippen LogP contribution in [0.4, 0.5) is 18.9 Å². The minimum absolute atomic E-state index is 0.305. The number of halogens is 4. The average molecular weight is 398 g/mol. The lowest BCUT2D eigenvalue weighted by atomic mass is 10.1. The number of alkyl halides is 3. The van der Waals surface area contributed by atoms with Gasteiger partial charge in [-0.1, -0.05) is 21.9 Å². The first kappa shape index (κ1) is 17.9. The van der Waals surface area contributed by atoms with Crippen LogP contribution in [-0.4, -0.2) is 13.0 Å². The van der Waals surface area contributed by atoms with Crippen molar-refractivity contribution < 1.29 is 22.7 Å². The van der Waals surface area contributed by atoms with Crippen molar-refractivity contribution in [1.29, 1.82) is 0 Å². The SMILES string of the molecule is COc1ccc(Br)cc1NC(=O)C#Cc1ccc(C(F)(F)F)cc1. The molecule has 0 bridgehead atoms. The van der Waals surface area contributed by atoms with E-state index in [9.17, 15) is 18.0 Å². The molecular weight excluding hydrogens is 387 g/mol. The summed E-state index contributed by atoms with van der Waals surface area (Å²) in [6.45, 7) is 0. The number of ether oxygens (including phenoxy) is 1. The second-order valence-electron chi connectivity index (χ2n) is 4.62. The summed E-state index contributed by atoms with van der Waals surface area (Å²) in [6.07, 6.45) is -4.40. The summed E-state index contributed by atoms with van der Waals surface area (Å²) < 4.78 is 43.3. The molecule has 0 aliphatic rings. The third kappa shape index (κ3) is 4.77. The average Bonchev–Trinajstić information content (AvgIpc) is 2.53. The number of carbonyl (C=O) groups is 1. The van der Waals surface area contributed by atoms with E-state index in [2.05, 4.69) is 33.1 Å². The molecular formula is C17H11BrF3NO2. The molecule has 0 fully saturated rings. The number of nitrogens with one attached hydrogen (secondary N) is 1. The first-order valence-electron chi connectivity index (χ1n) is 6.63. The Hall–Kier alpha value is -2.46. The molecule has 0 spiro atoms. The van der Waals surface area contributed by atoms with Gasteiger partial charge < -0.3 is 10.1 Å². The lowest BCUT2D eigenvalue weighted by Gasteiger charge is -2.08. The van der Waals surface area contributed by atoms with Crippen LogP contribution in [0.25, 0.3) is 0 Å². The molecule has 7 heteroatoms. The third-order valence-electron chi connectivity index (χ3n) is 2.94. The van der Waals surface area contributed by atoms with Gasteiger partial charge in [-0.25, -0.2) is 0 Å². The van der Waals surface area contributed by atoms with Crippen molar-refractivity contribution in [3.05, 3.63) is 58.1 Å². The summed E-state index contributed by atoms with van der Waals surface area (Å²) in [6, 6.07) is 9.33. The second kappa shape index (κ2) is 7.41. The summed E-state index contributed by atoms with van der Waals surface area (Å²) in [5, 5.41) is 2.56. The predicted octanol–water partition coefficient (Wildman–Crippen LogP) is 4.47. The highest BCUT2D eigenvalue weighted by Crippen LogP contribution is 2.29. The molecule has 124 valence electrons. The van der Waals surface area contributed by atoms with Gasteiger partial charge in [0.15, 0.2) is 0 Å². The van der Waals surface area contributed by atoms with Crippen molar-refractivity contribution in [3.63, 3.8) is 0 Å². The van der Waals surface area contributed by atoms with Crippen LogP contribution in [0.2, 0.25) is 0 Å². The Balaban J connectivity index is 2.11. The first-order chi connectivity index (χ1) is 11.3. The van der Waals surface area contributed by atoms with Crippen LogP contribution >= 0.6 is 15.9 Å². The molecule has 0 unspecified atom stereocenters. The van der Waals surface area contributed by atoms with Crippen LogP contribution in [0.5, 0.6) is 5.75 Å². The largest absolute Gasteiger partial charge is 0.495 e. The Morgan fingerprint density at radius 3 is 2.42 bits per heavy atom. The number of rotatable bonds is 2. The highest BCUT2D eigenvalue weighted by atomic mass is 79.9. The fourth-order valence-corrected chi connectivity index (χ4v) is 2.16. The molecule has 0 aromatic heterocycles. The minimum Gasteiger partial charge on any atom is -0.495 e. The fourth-order valence-electron chi connectivity index (χ4n) is 1.80. The number of amides is 1. The van der Waals surface area contributed by atoms with Crippen molar-refractivity contribution in [2.45, 2.75) is 6.18 Å². The van der Waals surface area contributed by atoms with Gasteiger partial charge in [-0.2, -0.15) is 13.2 Å². The van der Waals surface area contributed by atoms with E-state index in [4.69, 9.17) is 4.74 Å². The van der Waals surface area contributed by atoms with Gasteiger partial charge >= 0.3 is 12.1 Å². The van der Waals surface area contributed by atoms with Gasteiger partial charge in [0.1, 0.15) is 5.75 Å². The highest BCUT2D eigenvalue weighted by molar-refractivity contribution is 9.10. The minimum atomic E-state index is -4.40. The van der Waals surface area contributed by atoms with Gasteiger partial charge in [0, 0.05) is 16.0 Å². The first-order valence-corrected chi connectivity index (χ1v) is 7.42. The number of benzene rings is 2. The van der Waals surface area contributed by atoms with Gasteiger partial charge in [-0.15, -0.1) is 0 Å². The van der Waals surface area contributed by atoms with E-state index >= 15 is 0 Å². The van der Waals surface area contributed by atoms with Crippen molar-refractivity contribution in [2.24, 2.45) is 0 Å². The van der Waals surface area contributed by atoms with Gasteiger partial charge in [0.2, 0.25) is 0 Å². The van der Waals surface area contributed by atoms with Gasteiger partial charge in [-0.3, -0.25) is 4.79 Å². The molecule has 0 heterocycles. The van der Waals surface area contributed by atoms with E-state index in [1.54, 1.807) is 18.2 Å². The summed E-state index contributed by atoms with van der Waals surface area (Å²) in [4.78, 5) is 11.9. The standard InChI is InChI=1S/C17H11BrF3NO2/c1-24-15-8-7-13(18)10-14(15)22-16(23)9-4-11-2-5-12(6-3-11)17(19,20)21/h2-3,5-8,10H,1H3,(H,22,23). The summed E-state index contributed by atoms with van der Waals surface area (Å²) in [5.74, 6) is 4.69. The van der Waals surface area contributed by atoms with Crippen LogP contribution in [0, 0.1) is 11.8 Å². The zero-order valence-electron chi connectivity index (χ0n) is 12.4. The highest BCUT2D eigenvalue weighted by Gasteiger charge is 2.29. The number of hydrogen-bond donors (Lipinski definition) is 1. The molecule has 0 aliphatic carbocycles. The van der Waals surface area contributed by atoms with Crippen molar-refractivity contribution >= 4 is 27.5 Å². The molecule has 2 rings (SSSR count). The van der Waals surface area contributed by atoms with E-state index < -0.39 is 17.6 Å². The molecule has 2 aromatic carbocycles. The maximum absolute atomic E-state index is 12.5. The van der Waals surface area contributed by atoms with Gasteiger partial charge in [-0.05, 0) is 42.5 Å². The number of anilines is 1. The van der Waals surface area contributed by atoms with E-state index in [0.29, 0.717) is 17.0 Å². The van der Waals surface area contributed by atoms with Crippen molar-refractivity contribution in [2.75, 3.05) is 12.4 Å². The van der Waals surface area contributed by atoms with E-state index in [1.165, 1.54) is 19.2 Å². The molecule has 3 nitrogen and oxygen atoms in total. The lowest BCUT2D eigenvalue weighted by Crippen LogP contribution is -2.09. The quantitative estimate of drug-likeness (QED) is 0.759. The normalized spacial score (nSPS) is 10.5. The maximum Gasteiger partial charge on any atom is 0.416 e. The molecule has 0 atom stereocenters. The van der Waals surface area contributed by atoms with Crippen LogP contribution in [-0.2, 0) is 11.0 Å². The number of hydrogen-bond acceptors (Lipinski definition) is 2. The molecule has 1 amide bonds.